The molecule has 0 heterocycles. The molecule has 0 aromatic heterocycles. The highest BCUT2D eigenvalue weighted by Gasteiger charge is 2.03. The molecule has 4 N–H and O–H groups in total. The standard InChI is InChI=1S/C9H12N2O2.ClH/c1-2-9(13)11-7-5-6(10)3-4-8(7)12;/h3-5,12H,2,10H2,1H3,(H,11,13);1H. The van der Waals surface area contributed by atoms with E-state index in [1.165, 1.54) is 12.1 Å². The molecule has 78 valence electrons. The van der Waals surface area contributed by atoms with Crippen LogP contribution in [0.5, 0.6) is 5.75 Å². The van der Waals surface area contributed by atoms with Crippen molar-refractivity contribution in [2.45, 2.75) is 13.3 Å². The summed E-state index contributed by atoms with van der Waals surface area (Å²) in [4.78, 5) is 11.0. The zero-order valence-corrected chi connectivity index (χ0v) is 8.60. The van der Waals surface area contributed by atoms with Gasteiger partial charge in [-0.25, -0.2) is 0 Å². The summed E-state index contributed by atoms with van der Waals surface area (Å²) >= 11 is 0. The van der Waals surface area contributed by atoms with E-state index in [1.54, 1.807) is 13.0 Å². The molecule has 0 unspecified atom stereocenters. The van der Waals surface area contributed by atoms with Crippen molar-refractivity contribution in [3.05, 3.63) is 18.2 Å². The lowest BCUT2D eigenvalue weighted by Gasteiger charge is -2.06. The van der Waals surface area contributed by atoms with Gasteiger partial charge in [0.05, 0.1) is 5.69 Å². The molecule has 4 nitrogen and oxygen atoms in total. The normalized spacial score (nSPS) is 8.93. The van der Waals surface area contributed by atoms with E-state index in [0.29, 0.717) is 17.8 Å². The smallest absolute Gasteiger partial charge is 0.224 e. The number of phenols is 1. The first-order chi connectivity index (χ1) is 6.13. The van der Waals surface area contributed by atoms with E-state index in [9.17, 15) is 9.90 Å². The van der Waals surface area contributed by atoms with Crippen LogP contribution >= 0.6 is 12.4 Å². The molecule has 0 radical (unpaired) electrons. The Bertz CT molecular complexity index is 329. The monoisotopic (exact) mass is 216 g/mol. The van der Waals surface area contributed by atoms with Crippen LogP contribution in [-0.2, 0) is 4.79 Å². The lowest BCUT2D eigenvalue weighted by Crippen LogP contribution is -2.09. The molecule has 0 atom stereocenters. The topological polar surface area (TPSA) is 75.4 Å². The molecule has 0 spiro atoms. The van der Waals surface area contributed by atoms with Gasteiger partial charge < -0.3 is 16.2 Å². The molecule has 0 aliphatic carbocycles. The van der Waals surface area contributed by atoms with Crippen LogP contribution < -0.4 is 11.1 Å². The number of anilines is 2. The second-order valence-electron chi connectivity index (χ2n) is 2.68. The second kappa shape index (κ2) is 5.34. The van der Waals surface area contributed by atoms with E-state index in [-0.39, 0.29) is 24.1 Å². The van der Waals surface area contributed by atoms with Crippen LogP contribution in [0.1, 0.15) is 13.3 Å². The van der Waals surface area contributed by atoms with Gasteiger partial charge in [0.1, 0.15) is 5.75 Å². The number of carbonyl (C=O) groups is 1. The van der Waals surface area contributed by atoms with E-state index in [2.05, 4.69) is 5.32 Å². The Morgan fingerprint density at radius 3 is 2.79 bits per heavy atom. The number of hydrogen-bond donors (Lipinski definition) is 3. The molecule has 0 aliphatic heterocycles. The number of phenolic OH excluding ortho intramolecular Hbond substituents is 1. The van der Waals surface area contributed by atoms with Gasteiger partial charge in [-0.3, -0.25) is 4.79 Å². The summed E-state index contributed by atoms with van der Waals surface area (Å²) < 4.78 is 0. The van der Waals surface area contributed by atoms with Gasteiger partial charge >= 0.3 is 0 Å². The number of amides is 1. The maximum absolute atomic E-state index is 11.0. The third-order valence-electron chi connectivity index (χ3n) is 1.62. The van der Waals surface area contributed by atoms with E-state index < -0.39 is 0 Å². The van der Waals surface area contributed by atoms with Crippen molar-refractivity contribution in [1.29, 1.82) is 0 Å². The van der Waals surface area contributed by atoms with Gasteiger partial charge in [-0.2, -0.15) is 0 Å². The number of halogens is 1. The van der Waals surface area contributed by atoms with Crippen LogP contribution in [0.25, 0.3) is 0 Å². The summed E-state index contributed by atoms with van der Waals surface area (Å²) in [6.07, 6.45) is 0.369. The zero-order chi connectivity index (χ0) is 9.84. The molecule has 1 amide bonds. The molecule has 0 bridgehead atoms. The summed E-state index contributed by atoms with van der Waals surface area (Å²) in [5.41, 5.74) is 6.34. The lowest BCUT2D eigenvalue weighted by atomic mass is 10.2. The first kappa shape index (κ1) is 12.6. The van der Waals surface area contributed by atoms with E-state index in [0.717, 1.165) is 0 Å². The average molecular weight is 217 g/mol. The summed E-state index contributed by atoms with van der Waals surface area (Å²) in [5.74, 6) is -0.128. The molecule has 1 aromatic rings. The van der Waals surface area contributed by atoms with Crippen molar-refractivity contribution in [2.24, 2.45) is 0 Å². The third-order valence-corrected chi connectivity index (χ3v) is 1.62. The molecule has 0 aliphatic rings. The van der Waals surface area contributed by atoms with Crippen molar-refractivity contribution in [1.82, 2.24) is 0 Å². The van der Waals surface area contributed by atoms with Crippen molar-refractivity contribution in [2.75, 3.05) is 11.1 Å². The summed E-state index contributed by atoms with van der Waals surface area (Å²) in [6.45, 7) is 1.73. The highest BCUT2D eigenvalue weighted by atomic mass is 35.5. The Hall–Kier alpha value is -1.42. The summed E-state index contributed by atoms with van der Waals surface area (Å²) in [5, 5.41) is 11.8. The van der Waals surface area contributed by atoms with E-state index in [1.807, 2.05) is 0 Å². The van der Waals surface area contributed by atoms with Crippen molar-refractivity contribution >= 4 is 29.7 Å². The van der Waals surface area contributed by atoms with Gasteiger partial charge in [0.15, 0.2) is 0 Å². The third kappa shape index (κ3) is 3.14. The van der Waals surface area contributed by atoms with Crippen molar-refractivity contribution in [3.63, 3.8) is 0 Å². The lowest BCUT2D eigenvalue weighted by molar-refractivity contribution is -0.115. The molecule has 0 fully saturated rings. The predicted octanol–water partition coefficient (Wildman–Crippen LogP) is 1.74. The van der Waals surface area contributed by atoms with E-state index in [4.69, 9.17) is 5.73 Å². The average Bonchev–Trinajstić information content (AvgIpc) is 2.11. The number of hydrogen-bond acceptors (Lipinski definition) is 3. The molecule has 1 rings (SSSR count). The number of nitrogen functional groups attached to an aromatic ring is 1. The van der Waals surface area contributed by atoms with E-state index >= 15 is 0 Å². The Morgan fingerprint density at radius 2 is 2.21 bits per heavy atom. The van der Waals surface area contributed by atoms with Crippen LogP contribution in [0.2, 0.25) is 0 Å². The Labute approximate surface area is 88.5 Å². The van der Waals surface area contributed by atoms with Crippen LogP contribution in [-0.4, -0.2) is 11.0 Å². The predicted molar refractivity (Wildman–Crippen MR) is 58.7 cm³/mol. The Kier molecular flexibility index (Phi) is 4.80. The van der Waals surface area contributed by atoms with Gasteiger partial charge in [-0.15, -0.1) is 12.4 Å². The summed E-state index contributed by atoms with van der Waals surface area (Å²) in [7, 11) is 0. The minimum atomic E-state index is -0.152. The fourth-order valence-electron chi connectivity index (χ4n) is 0.892. The van der Waals surface area contributed by atoms with Gasteiger partial charge in [-0.1, -0.05) is 6.92 Å². The maximum atomic E-state index is 11.0. The molecule has 5 heteroatoms. The van der Waals surface area contributed by atoms with Crippen LogP contribution in [0.4, 0.5) is 11.4 Å². The number of carbonyl (C=O) groups excluding carboxylic acids is 1. The molecular formula is C9H13ClN2O2. The SMILES string of the molecule is CCC(=O)Nc1cc(N)ccc1O.Cl. The van der Waals surface area contributed by atoms with Gasteiger partial charge in [0, 0.05) is 12.1 Å². The highest BCUT2D eigenvalue weighted by molar-refractivity contribution is 5.92. The minimum absolute atomic E-state index is 0. The molecule has 0 saturated heterocycles. The Morgan fingerprint density at radius 1 is 1.57 bits per heavy atom. The van der Waals surface area contributed by atoms with Gasteiger partial charge in [0.2, 0.25) is 5.91 Å². The molecular weight excluding hydrogens is 204 g/mol. The van der Waals surface area contributed by atoms with Crippen LogP contribution in [0, 0.1) is 0 Å². The first-order valence-electron chi connectivity index (χ1n) is 4.02. The summed E-state index contributed by atoms with van der Waals surface area (Å²) in [6, 6.07) is 4.53. The second-order valence-corrected chi connectivity index (χ2v) is 2.68. The number of benzene rings is 1. The number of aromatic hydroxyl groups is 1. The number of rotatable bonds is 2. The van der Waals surface area contributed by atoms with Gasteiger partial charge in [0.25, 0.3) is 0 Å². The molecule has 1 aromatic carbocycles. The number of nitrogens with one attached hydrogen (secondary N) is 1. The maximum Gasteiger partial charge on any atom is 0.224 e. The van der Waals surface area contributed by atoms with Gasteiger partial charge in [-0.05, 0) is 18.2 Å². The van der Waals surface area contributed by atoms with Crippen LogP contribution in [0.15, 0.2) is 18.2 Å². The minimum Gasteiger partial charge on any atom is -0.506 e. The van der Waals surface area contributed by atoms with Crippen molar-refractivity contribution in [3.8, 4) is 5.75 Å². The first-order valence-corrected chi connectivity index (χ1v) is 4.02. The molecule has 0 saturated carbocycles. The fraction of sp³-hybridized carbons (Fsp3) is 0.222. The van der Waals surface area contributed by atoms with Crippen LogP contribution in [0.3, 0.4) is 0 Å². The molecule has 14 heavy (non-hydrogen) atoms. The van der Waals surface area contributed by atoms with Crippen molar-refractivity contribution < 1.29 is 9.90 Å². The number of nitrogens with two attached hydrogens (primary N) is 1. The Balaban J connectivity index is 0.00000169. The fourth-order valence-corrected chi connectivity index (χ4v) is 0.892. The zero-order valence-electron chi connectivity index (χ0n) is 7.78. The largest absolute Gasteiger partial charge is 0.506 e. The highest BCUT2D eigenvalue weighted by Crippen LogP contribution is 2.25. The quantitative estimate of drug-likeness (QED) is 0.401.